The summed E-state index contributed by atoms with van der Waals surface area (Å²) in [5, 5.41) is 5.40. The number of nitrogens with two attached hydrogens (primary N) is 1. The van der Waals surface area contributed by atoms with Crippen molar-refractivity contribution in [3.8, 4) is 5.75 Å². The smallest absolute Gasteiger partial charge is 0.257 e. The van der Waals surface area contributed by atoms with Gasteiger partial charge in [-0.25, -0.2) is 0 Å². The fraction of sp³-hybridized carbons (Fsp3) is 0.375. The number of benzene rings is 1. The first-order valence-electron chi connectivity index (χ1n) is 7.12. The minimum atomic E-state index is -0.243. The second-order valence-corrected chi connectivity index (χ2v) is 5.24. The number of anilines is 1. The number of nitrogens with one attached hydrogen (secondary N) is 2. The second kappa shape index (κ2) is 8.71. The molecule has 1 rings (SSSR count). The number of hydrogen-bond donors (Lipinski definition) is 3. The number of amides is 2. The maximum Gasteiger partial charge on any atom is 0.257 e. The van der Waals surface area contributed by atoms with Gasteiger partial charge in [0.25, 0.3) is 11.8 Å². The van der Waals surface area contributed by atoms with Crippen LogP contribution in [-0.4, -0.2) is 31.5 Å². The molecule has 0 heterocycles. The highest BCUT2D eigenvalue weighted by atomic mass is 16.5. The molecule has 0 aliphatic heterocycles. The van der Waals surface area contributed by atoms with Crippen LogP contribution in [0.5, 0.6) is 5.75 Å². The summed E-state index contributed by atoms with van der Waals surface area (Å²) < 4.78 is 5.36. The standard InChI is InChI=1S/C16H23N3O3/c1-4-7-18-16(21)12-5-6-14(13(17)8-12)22-10-15(20)19-9-11(2)3/h4-6,8,11H,1,7,9-10,17H2,2-3H3,(H,18,21)(H,19,20). The van der Waals surface area contributed by atoms with Crippen molar-refractivity contribution in [2.75, 3.05) is 25.4 Å². The van der Waals surface area contributed by atoms with E-state index >= 15 is 0 Å². The lowest BCUT2D eigenvalue weighted by Crippen LogP contribution is -2.31. The number of ether oxygens (including phenoxy) is 1. The molecule has 0 fully saturated rings. The van der Waals surface area contributed by atoms with Gasteiger partial charge in [-0.05, 0) is 24.1 Å². The topological polar surface area (TPSA) is 93.4 Å². The summed E-state index contributed by atoms with van der Waals surface area (Å²) in [6.07, 6.45) is 1.59. The Kier molecular flexibility index (Phi) is 6.95. The third-order valence-electron chi connectivity index (χ3n) is 2.75. The fourth-order valence-electron chi connectivity index (χ4n) is 1.60. The molecule has 0 unspecified atom stereocenters. The average molecular weight is 305 g/mol. The quantitative estimate of drug-likeness (QED) is 0.499. The summed E-state index contributed by atoms with van der Waals surface area (Å²) in [4.78, 5) is 23.3. The Bertz CT molecular complexity index is 541. The molecule has 1 aromatic carbocycles. The van der Waals surface area contributed by atoms with Crippen LogP contribution in [0, 0.1) is 5.92 Å². The van der Waals surface area contributed by atoms with Crippen molar-refractivity contribution in [3.63, 3.8) is 0 Å². The summed E-state index contributed by atoms with van der Waals surface area (Å²) in [6, 6.07) is 4.68. The Morgan fingerprint density at radius 3 is 2.68 bits per heavy atom. The summed E-state index contributed by atoms with van der Waals surface area (Å²) in [6.45, 7) is 8.41. The van der Waals surface area contributed by atoms with Gasteiger partial charge >= 0.3 is 0 Å². The zero-order valence-corrected chi connectivity index (χ0v) is 13.0. The second-order valence-electron chi connectivity index (χ2n) is 5.24. The molecule has 120 valence electrons. The van der Waals surface area contributed by atoms with Crippen LogP contribution in [-0.2, 0) is 4.79 Å². The van der Waals surface area contributed by atoms with Gasteiger partial charge in [-0.1, -0.05) is 19.9 Å². The first-order chi connectivity index (χ1) is 10.4. The van der Waals surface area contributed by atoms with Crippen LogP contribution in [0.3, 0.4) is 0 Å². The number of rotatable bonds is 8. The molecule has 0 bridgehead atoms. The van der Waals surface area contributed by atoms with Crippen molar-refractivity contribution in [1.82, 2.24) is 10.6 Å². The minimum absolute atomic E-state index is 0.112. The van der Waals surface area contributed by atoms with Crippen LogP contribution in [0.4, 0.5) is 5.69 Å². The number of carbonyl (C=O) groups excluding carboxylic acids is 2. The van der Waals surface area contributed by atoms with Crippen molar-refractivity contribution < 1.29 is 14.3 Å². The molecular formula is C16H23N3O3. The van der Waals surface area contributed by atoms with E-state index in [0.717, 1.165) is 0 Å². The van der Waals surface area contributed by atoms with Crippen molar-refractivity contribution in [1.29, 1.82) is 0 Å². The predicted molar refractivity (Wildman–Crippen MR) is 86.7 cm³/mol. The van der Waals surface area contributed by atoms with E-state index in [4.69, 9.17) is 10.5 Å². The van der Waals surface area contributed by atoms with Gasteiger partial charge in [0.1, 0.15) is 5.75 Å². The molecule has 0 aromatic heterocycles. The Balaban J connectivity index is 2.57. The van der Waals surface area contributed by atoms with E-state index in [1.54, 1.807) is 18.2 Å². The van der Waals surface area contributed by atoms with Gasteiger partial charge < -0.3 is 21.1 Å². The van der Waals surface area contributed by atoms with E-state index < -0.39 is 0 Å². The van der Waals surface area contributed by atoms with Crippen molar-refractivity contribution in [2.24, 2.45) is 5.92 Å². The molecule has 1 aromatic rings. The summed E-state index contributed by atoms with van der Waals surface area (Å²) in [7, 11) is 0. The first-order valence-corrected chi connectivity index (χ1v) is 7.12. The lowest BCUT2D eigenvalue weighted by molar-refractivity contribution is -0.123. The van der Waals surface area contributed by atoms with Gasteiger partial charge in [0.15, 0.2) is 6.61 Å². The molecule has 4 N–H and O–H groups in total. The van der Waals surface area contributed by atoms with Crippen LogP contribution in [0.15, 0.2) is 30.9 Å². The molecule has 22 heavy (non-hydrogen) atoms. The SMILES string of the molecule is C=CCNC(=O)c1ccc(OCC(=O)NCC(C)C)c(N)c1. The highest BCUT2D eigenvalue weighted by Crippen LogP contribution is 2.22. The van der Waals surface area contributed by atoms with Gasteiger partial charge in [0, 0.05) is 18.7 Å². The molecule has 0 atom stereocenters. The molecule has 0 spiro atoms. The first kappa shape index (κ1) is 17.6. The highest BCUT2D eigenvalue weighted by molar-refractivity contribution is 5.95. The number of carbonyl (C=O) groups is 2. The van der Waals surface area contributed by atoms with Gasteiger partial charge in [-0.2, -0.15) is 0 Å². The summed E-state index contributed by atoms with van der Waals surface area (Å²) in [5.74, 6) is 0.302. The Morgan fingerprint density at radius 1 is 1.36 bits per heavy atom. The molecule has 0 saturated carbocycles. The molecule has 6 heteroatoms. The van der Waals surface area contributed by atoms with Crippen LogP contribution in [0.1, 0.15) is 24.2 Å². The molecule has 0 aliphatic carbocycles. The van der Waals surface area contributed by atoms with E-state index in [2.05, 4.69) is 17.2 Å². The average Bonchev–Trinajstić information content (AvgIpc) is 2.49. The molecule has 0 saturated heterocycles. The lowest BCUT2D eigenvalue weighted by atomic mass is 10.1. The zero-order chi connectivity index (χ0) is 16.5. The van der Waals surface area contributed by atoms with Gasteiger partial charge in [-0.3, -0.25) is 9.59 Å². The van der Waals surface area contributed by atoms with Crippen LogP contribution in [0.25, 0.3) is 0 Å². The number of hydrogen-bond acceptors (Lipinski definition) is 4. The molecule has 6 nitrogen and oxygen atoms in total. The molecule has 2 amide bonds. The van der Waals surface area contributed by atoms with Gasteiger partial charge in [0.2, 0.25) is 0 Å². The van der Waals surface area contributed by atoms with Crippen molar-refractivity contribution >= 4 is 17.5 Å². The van der Waals surface area contributed by atoms with Crippen LogP contribution >= 0.6 is 0 Å². The monoisotopic (exact) mass is 305 g/mol. The van der Waals surface area contributed by atoms with E-state index in [-0.39, 0.29) is 18.4 Å². The highest BCUT2D eigenvalue weighted by Gasteiger charge is 2.10. The minimum Gasteiger partial charge on any atom is -0.482 e. The van der Waals surface area contributed by atoms with Crippen LogP contribution in [0.2, 0.25) is 0 Å². The predicted octanol–water partition coefficient (Wildman–Crippen LogP) is 1.34. The largest absolute Gasteiger partial charge is 0.482 e. The maximum absolute atomic E-state index is 11.8. The number of nitrogen functional groups attached to an aromatic ring is 1. The zero-order valence-electron chi connectivity index (χ0n) is 13.0. The Labute approximate surface area is 130 Å². The molecular weight excluding hydrogens is 282 g/mol. The Morgan fingerprint density at radius 2 is 2.09 bits per heavy atom. The van der Waals surface area contributed by atoms with Crippen molar-refractivity contribution in [3.05, 3.63) is 36.4 Å². The molecule has 0 aliphatic rings. The molecule has 0 radical (unpaired) electrons. The normalized spacial score (nSPS) is 10.1. The van der Waals surface area contributed by atoms with E-state index in [1.807, 2.05) is 13.8 Å². The summed E-state index contributed by atoms with van der Waals surface area (Å²) in [5.41, 5.74) is 6.57. The fourth-order valence-corrected chi connectivity index (χ4v) is 1.60. The van der Waals surface area contributed by atoms with E-state index in [9.17, 15) is 9.59 Å². The van der Waals surface area contributed by atoms with Crippen LogP contribution < -0.4 is 21.1 Å². The van der Waals surface area contributed by atoms with Gasteiger partial charge in [0.05, 0.1) is 5.69 Å². The Hall–Kier alpha value is -2.50. The maximum atomic E-state index is 11.8. The van der Waals surface area contributed by atoms with Crippen molar-refractivity contribution in [2.45, 2.75) is 13.8 Å². The lowest BCUT2D eigenvalue weighted by Gasteiger charge is -2.11. The third kappa shape index (κ3) is 5.87. The third-order valence-corrected chi connectivity index (χ3v) is 2.75. The van der Waals surface area contributed by atoms with Gasteiger partial charge in [-0.15, -0.1) is 6.58 Å². The van der Waals surface area contributed by atoms with E-state index in [0.29, 0.717) is 36.0 Å². The van der Waals surface area contributed by atoms with E-state index in [1.165, 1.54) is 6.07 Å². The summed E-state index contributed by atoms with van der Waals surface area (Å²) >= 11 is 0.